The van der Waals surface area contributed by atoms with E-state index in [-0.39, 0.29) is 0 Å². The van der Waals surface area contributed by atoms with Crippen LogP contribution in [0.4, 0.5) is 5.69 Å². The first-order valence-corrected chi connectivity index (χ1v) is 16.7. The Morgan fingerprint density at radius 1 is 0.340 bits per heavy atom. The summed E-state index contributed by atoms with van der Waals surface area (Å²) in [6, 6.07) is 61.3. The molecule has 0 atom stereocenters. The minimum absolute atomic E-state index is 0.652. The van der Waals surface area contributed by atoms with Crippen molar-refractivity contribution in [3.05, 3.63) is 187 Å². The lowest BCUT2D eigenvalue weighted by Crippen LogP contribution is -1.96. The molecule has 0 bridgehead atoms. The molecule has 0 radical (unpaired) electrons. The number of fused-ring (bicyclic) bond motifs is 3. The van der Waals surface area contributed by atoms with Crippen molar-refractivity contribution < 1.29 is 0 Å². The third kappa shape index (κ3) is 5.17. The fourth-order valence-corrected chi connectivity index (χ4v) is 7.00. The van der Waals surface area contributed by atoms with E-state index in [4.69, 9.17) is 16.5 Å². The topological polar surface area (TPSA) is 30.1 Å². The lowest BCUT2D eigenvalue weighted by Gasteiger charge is -2.14. The first kappa shape index (κ1) is 29.3. The lowest BCUT2D eigenvalue weighted by atomic mass is 9.91. The average molecular weight is 636 g/mol. The summed E-state index contributed by atoms with van der Waals surface area (Å²) in [5.41, 5.74) is 13.2. The third-order valence-electron chi connectivity index (χ3n) is 9.53. The molecule has 1 aromatic heterocycles. The van der Waals surface area contributed by atoms with Crippen molar-refractivity contribution in [2.45, 2.75) is 0 Å². The van der Waals surface area contributed by atoms with E-state index in [1.165, 1.54) is 32.8 Å². The van der Waals surface area contributed by atoms with Gasteiger partial charge in [0.1, 0.15) is 0 Å². The molecule has 0 N–H and O–H groups in total. The third-order valence-corrected chi connectivity index (χ3v) is 9.53. The number of benzene rings is 8. The Labute approximate surface area is 290 Å². The quantitative estimate of drug-likeness (QED) is 0.176. The first-order valence-electron chi connectivity index (χ1n) is 16.7. The van der Waals surface area contributed by atoms with Gasteiger partial charge in [-0.15, -0.1) is 0 Å². The Morgan fingerprint density at radius 2 is 0.800 bits per heavy atom. The van der Waals surface area contributed by atoms with Gasteiger partial charge in [0.2, 0.25) is 0 Å². The van der Waals surface area contributed by atoms with E-state index in [2.05, 4.69) is 132 Å². The Bertz CT molecular complexity index is 2730. The van der Waals surface area contributed by atoms with Crippen molar-refractivity contribution in [2.24, 2.45) is 0 Å². The van der Waals surface area contributed by atoms with Crippen LogP contribution in [0.1, 0.15) is 0 Å². The molecule has 0 aliphatic heterocycles. The zero-order chi connectivity index (χ0) is 33.4. The Balaban J connectivity index is 1.10. The minimum Gasteiger partial charge on any atom is -0.244 e. The Kier molecular flexibility index (Phi) is 7.19. The molecule has 3 nitrogen and oxygen atoms in total. The lowest BCUT2D eigenvalue weighted by molar-refractivity contribution is 1.30. The SMILES string of the molecule is [C-]#[N+]c1ccc(-c2ccc(-c3ccc(-c4ccc(-c5nc6ccccc6nc5-c5cccc6ccccc56)cc4)c4ccccc34)cc2)cc1. The molecular weight excluding hydrogens is 607 g/mol. The van der Waals surface area contributed by atoms with Crippen LogP contribution in [0, 0.1) is 6.57 Å². The summed E-state index contributed by atoms with van der Waals surface area (Å²) < 4.78 is 0. The summed E-state index contributed by atoms with van der Waals surface area (Å²) in [6.45, 7) is 7.23. The van der Waals surface area contributed by atoms with Gasteiger partial charge in [0.15, 0.2) is 5.69 Å². The maximum absolute atomic E-state index is 7.23. The van der Waals surface area contributed by atoms with Gasteiger partial charge < -0.3 is 0 Å². The molecule has 1 heterocycles. The van der Waals surface area contributed by atoms with Gasteiger partial charge in [-0.3, -0.25) is 0 Å². The summed E-state index contributed by atoms with van der Waals surface area (Å²) >= 11 is 0. The molecule has 0 saturated heterocycles. The van der Waals surface area contributed by atoms with Gasteiger partial charge in [0, 0.05) is 11.1 Å². The average Bonchev–Trinajstić information content (AvgIpc) is 3.20. The van der Waals surface area contributed by atoms with Crippen molar-refractivity contribution in [3.8, 4) is 55.9 Å². The van der Waals surface area contributed by atoms with Crippen molar-refractivity contribution in [2.75, 3.05) is 0 Å². The molecule has 232 valence electrons. The van der Waals surface area contributed by atoms with Crippen LogP contribution in [0.5, 0.6) is 0 Å². The van der Waals surface area contributed by atoms with Crippen molar-refractivity contribution in [1.82, 2.24) is 9.97 Å². The number of rotatable bonds is 5. The zero-order valence-electron chi connectivity index (χ0n) is 27.1. The molecule has 50 heavy (non-hydrogen) atoms. The Morgan fingerprint density at radius 3 is 1.40 bits per heavy atom. The number of hydrogen-bond donors (Lipinski definition) is 0. The van der Waals surface area contributed by atoms with Gasteiger partial charge in [-0.2, -0.15) is 0 Å². The number of hydrogen-bond acceptors (Lipinski definition) is 2. The normalized spacial score (nSPS) is 11.2. The molecule has 0 amide bonds. The minimum atomic E-state index is 0.652. The second-order valence-electron chi connectivity index (χ2n) is 12.5. The van der Waals surface area contributed by atoms with Crippen molar-refractivity contribution in [3.63, 3.8) is 0 Å². The molecule has 3 heteroatoms. The van der Waals surface area contributed by atoms with E-state index in [1.54, 1.807) is 0 Å². The zero-order valence-corrected chi connectivity index (χ0v) is 27.1. The van der Waals surface area contributed by atoms with Gasteiger partial charge in [0.25, 0.3) is 0 Å². The van der Waals surface area contributed by atoms with Crippen LogP contribution in [0.3, 0.4) is 0 Å². The number of para-hydroxylation sites is 2. The highest BCUT2D eigenvalue weighted by Crippen LogP contribution is 2.39. The molecule has 0 saturated carbocycles. The van der Waals surface area contributed by atoms with E-state index >= 15 is 0 Å². The van der Waals surface area contributed by atoms with Gasteiger partial charge in [0.05, 0.1) is 29.0 Å². The highest BCUT2D eigenvalue weighted by atomic mass is 14.8. The summed E-state index contributed by atoms with van der Waals surface area (Å²) in [6.07, 6.45) is 0. The maximum atomic E-state index is 7.23. The predicted octanol–water partition coefficient (Wildman–Crippen LogP) is 12.8. The predicted molar refractivity (Wildman–Crippen MR) is 208 cm³/mol. The van der Waals surface area contributed by atoms with Gasteiger partial charge in [-0.05, 0) is 67.1 Å². The monoisotopic (exact) mass is 635 g/mol. The van der Waals surface area contributed by atoms with Crippen LogP contribution >= 0.6 is 0 Å². The molecule has 0 fully saturated rings. The fourth-order valence-electron chi connectivity index (χ4n) is 7.00. The highest BCUT2D eigenvalue weighted by Gasteiger charge is 2.16. The van der Waals surface area contributed by atoms with Crippen molar-refractivity contribution in [1.29, 1.82) is 0 Å². The molecule has 0 unspecified atom stereocenters. The molecule has 8 aromatic carbocycles. The van der Waals surface area contributed by atoms with Crippen molar-refractivity contribution >= 4 is 38.3 Å². The molecule has 0 aliphatic carbocycles. The second-order valence-corrected chi connectivity index (χ2v) is 12.5. The van der Waals surface area contributed by atoms with Crippen LogP contribution in [-0.4, -0.2) is 9.97 Å². The highest BCUT2D eigenvalue weighted by molar-refractivity contribution is 6.05. The van der Waals surface area contributed by atoms with E-state index in [0.717, 1.165) is 55.6 Å². The summed E-state index contributed by atoms with van der Waals surface area (Å²) in [4.78, 5) is 13.9. The fraction of sp³-hybridized carbons (Fsp3) is 0. The molecule has 0 spiro atoms. The molecule has 9 aromatic rings. The van der Waals surface area contributed by atoms with E-state index in [1.807, 2.05) is 48.5 Å². The first-order chi connectivity index (χ1) is 24.7. The van der Waals surface area contributed by atoms with E-state index < -0.39 is 0 Å². The maximum Gasteiger partial charge on any atom is 0.187 e. The van der Waals surface area contributed by atoms with Crippen LogP contribution in [0.15, 0.2) is 176 Å². The largest absolute Gasteiger partial charge is 0.244 e. The van der Waals surface area contributed by atoms with E-state index in [9.17, 15) is 0 Å². The van der Waals surface area contributed by atoms with Gasteiger partial charge in [-0.25, -0.2) is 14.8 Å². The number of nitrogens with zero attached hydrogens (tertiary/aromatic N) is 3. The number of aromatic nitrogens is 2. The van der Waals surface area contributed by atoms with Crippen LogP contribution in [0.25, 0.3) is 93.3 Å². The van der Waals surface area contributed by atoms with Crippen LogP contribution < -0.4 is 0 Å². The summed E-state index contributed by atoms with van der Waals surface area (Å²) in [5.74, 6) is 0. The van der Waals surface area contributed by atoms with Crippen LogP contribution in [-0.2, 0) is 0 Å². The smallest absolute Gasteiger partial charge is 0.187 e. The molecular formula is C47H29N3. The van der Waals surface area contributed by atoms with Gasteiger partial charge in [-0.1, -0.05) is 164 Å². The molecule has 0 aliphatic rings. The van der Waals surface area contributed by atoms with Crippen LogP contribution in [0.2, 0.25) is 0 Å². The standard InChI is InChI=1S/C47H29N3/c1-48-37-27-25-32(26-28-37)31-17-19-34(20-18-31)39-29-30-40(42-13-5-4-12-41(39)42)35-21-23-36(24-22-35)46-47(50-45-16-7-6-15-44(45)49-46)43-14-8-10-33-9-2-3-11-38(33)43/h2-30H. The Hall–Kier alpha value is -6.89. The van der Waals surface area contributed by atoms with Gasteiger partial charge >= 0.3 is 0 Å². The summed E-state index contributed by atoms with van der Waals surface area (Å²) in [5, 5.41) is 4.76. The summed E-state index contributed by atoms with van der Waals surface area (Å²) in [7, 11) is 0. The molecule has 9 rings (SSSR count). The second kappa shape index (κ2) is 12.3. The van der Waals surface area contributed by atoms with E-state index in [0.29, 0.717) is 5.69 Å².